The van der Waals surface area contributed by atoms with Crippen LogP contribution in [0.4, 0.5) is 11.6 Å². The number of carbonyl (C=O) groups excluding carboxylic acids is 2. The van der Waals surface area contributed by atoms with Crippen LogP contribution in [0.3, 0.4) is 0 Å². The number of likely N-dealkylation sites (N-methyl/N-ethyl adjacent to an activating group) is 2. The molecule has 1 aromatic carbocycles. The van der Waals surface area contributed by atoms with Gasteiger partial charge in [-0.15, -0.1) is 0 Å². The Labute approximate surface area is 209 Å². The van der Waals surface area contributed by atoms with Crippen molar-refractivity contribution in [1.82, 2.24) is 30.6 Å². The highest BCUT2D eigenvalue weighted by molar-refractivity contribution is 6.14. The van der Waals surface area contributed by atoms with Crippen molar-refractivity contribution in [3.63, 3.8) is 0 Å². The van der Waals surface area contributed by atoms with Crippen molar-refractivity contribution in [2.24, 2.45) is 5.10 Å². The Morgan fingerprint density at radius 2 is 1.97 bits per heavy atom. The van der Waals surface area contributed by atoms with E-state index in [0.29, 0.717) is 18.9 Å². The quantitative estimate of drug-likeness (QED) is 0.228. The Morgan fingerprint density at radius 1 is 1.19 bits per heavy atom. The normalized spacial score (nSPS) is 10.9. The van der Waals surface area contributed by atoms with Gasteiger partial charge in [-0.1, -0.05) is 18.2 Å². The molecular weight excluding hydrogens is 460 g/mol. The molecule has 0 saturated heterocycles. The standard InChI is InChI=1S/C24H30N10O2/c1-16-5-4-6-17-13-18(14-29-24(36)21-22(26)28-10-9-27-21)23(32-20(16)17)34(3)12-11-33(2)19(35)15-31-30-8-7-25/h4-10,13,25,31H,11-12,14-15H2,1-3H3,(H2,26,28)(H,29,36)/b25-7?,30-8-. The molecule has 3 rings (SSSR count). The minimum Gasteiger partial charge on any atom is -0.382 e. The number of carbonyl (C=O) groups is 2. The summed E-state index contributed by atoms with van der Waals surface area (Å²) in [5.41, 5.74) is 11.2. The number of benzene rings is 1. The molecule has 0 bridgehead atoms. The van der Waals surface area contributed by atoms with Crippen LogP contribution in [0, 0.1) is 12.3 Å². The lowest BCUT2D eigenvalue weighted by Gasteiger charge is -2.25. The largest absolute Gasteiger partial charge is 0.382 e. The Kier molecular flexibility index (Phi) is 8.81. The molecule has 0 saturated carbocycles. The van der Waals surface area contributed by atoms with Crippen molar-refractivity contribution < 1.29 is 9.59 Å². The molecule has 0 spiro atoms. The van der Waals surface area contributed by atoms with Gasteiger partial charge in [0, 0.05) is 63.3 Å². The number of aromatic nitrogens is 3. The molecule has 5 N–H and O–H groups in total. The molecule has 0 fully saturated rings. The van der Waals surface area contributed by atoms with E-state index in [1.807, 2.05) is 43.1 Å². The first kappa shape index (κ1) is 26.0. The molecule has 3 aromatic rings. The zero-order valence-electron chi connectivity index (χ0n) is 20.5. The van der Waals surface area contributed by atoms with E-state index in [2.05, 4.69) is 25.8 Å². The van der Waals surface area contributed by atoms with Gasteiger partial charge in [-0.25, -0.2) is 15.0 Å². The fourth-order valence-corrected chi connectivity index (χ4v) is 3.49. The van der Waals surface area contributed by atoms with Gasteiger partial charge in [0.2, 0.25) is 5.91 Å². The topological polar surface area (TPSA) is 166 Å². The minimum atomic E-state index is -0.429. The molecule has 0 aliphatic heterocycles. The van der Waals surface area contributed by atoms with Crippen LogP contribution in [0.15, 0.2) is 41.8 Å². The number of nitrogen functional groups attached to an aromatic ring is 1. The number of hydrogen-bond acceptors (Lipinski definition) is 10. The van der Waals surface area contributed by atoms with Gasteiger partial charge < -0.3 is 31.7 Å². The van der Waals surface area contributed by atoms with E-state index in [1.165, 1.54) is 18.6 Å². The minimum absolute atomic E-state index is 0.0285. The summed E-state index contributed by atoms with van der Waals surface area (Å²) in [4.78, 5) is 41.3. The predicted octanol–water partition coefficient (Wildman–Crippen LogP) is 0.965. The predicted molar refractivity (Wildman–Crippen MR) is 140 cm³/mol. The molecule has 12 nitrogen and oxygen atoms in total. The summed E-state index contributed by atoms with van der Waals surface area (Å²) in [6.45, 7) is 3.18. The highest BCUT2D eigenvalue weighted by Gasteiger charge is 2.17. The van der Waals surface area contributed by atoms with Crippen LogP contribution >= 0.6 is 0 Å². The average Bonchev–Trinajstić information content (AvgIpc) is 2.88. The molecule has 2 amide bonds. The number of hydrazone groups is 1. The molecule has 2 aromatic heterocycles. The third kappa shape index (κ3) is 6.50. The van der Waals surface area contributed by atoms with Crippen LogP contribution in [0.25, 0.3) is 10.9 Å². The maximum absolute atomic E-state index is 12.7. The van der Waals surface area contributed by atoms with Crippen molar-refractivity contribution in [2.75, 3.05) is 44.4 Å². The van der Waals surface area contributed by atoms with Gasteiger partial charge in [-0.2, -0.15) is 5.10 Å². The van der Waals surface area contributed by atoms with Gasteiger partial charge in [0.05, 0.1) is 11.7 Å². The lowest BCUT2D eigenvalue weighted by atomic mass is 10.1. The van der Waals surface area contributed by atoms with Crippen LogP contribution in [-0.2, 0) is 11.3 Å². The number of nitrogens with zero attached hydrogens (tertiary/aromatic N) is 6. The number of para-hydroxylation sites is 1. The Morgan fingerprint density at radius 3 is 2.72 bits per heavy atom. The maximum atomic E-state index is 12.7. The average molecular weight is 491 g/mol. The van der Waals surface area contributed by atoms with E-state index in [4.69, 9.17) is 16.1 Å². The number of nitrogens with two attached hydrogens (primary N) is 1. The van der Waals surface area contributed by atoms with Crippen LogP contribution in [0.1, 0.15) is 21.6 Å². The summed E-state index contributed by atoms with van der Waals surface area (Å²) in [7, 11) is 3.60. The first-order valence-electron chi connectivity index (χ1n) is 11.3. The van der Waals surface area contributed by atoms with Crippen LogP contribution in [-0.4, -0.2) is 77.8 Å². The van der Waals surface area contributed by atoms with Gasteiger partial charge in [0.25, 0.3) is 5.91 Å². The molecule has 2 heterocycles. The molecular formula is C24H30N10O2. The summed E-state index contributed by atoms with van der Waals surface area (Å²) in [6, 6.07) is 7.94. The zero-order chi connectivity index (χ0) is 26.1. The first-order valence-corrected chi connectivity index (χ1v) is 11.3. The van der Waals surface area contributed by atoms with Gasteiger partial charge in [0.15, 0.2) is 11.5 Å². The second-order valence-corrected chi connectivity index (χ2v) is 8.11. The lowest BCUT2D eigenvalue weighted by Crippen LogP contribution is -2.39. The summed E-state index contributed by atoms with van der Waals surface area (Å²) < 4.78 is 0. The number of hydrogen-bond donors (Lipinski definition) is 4. The van der Waals surface area contributed by atoms with Crippen LogP contribution < -0.4 is 21.4 Å². The first-order chi connectivity index (χ1) is 17.3. The van der Waals surface area contributed by atoms with E-state index < -0.39 is 5.91 Å². The number of amides is 2. The number of rotatable bonds is 11. The van der Waals surface area contributed by atoms with Crippen LogP contribution in [0.5, 0.6) is 0 Å². The third-order valence-corrected chi connectivity index (χ3v) is 5.51. The molecule has 12 heteroatoms. The van der Waals surface area contributed by atoms with Crippen LogP contribution in [0.2, 0.25) is 0 Å². The lowest BCUT2D eigenvalue weighted by molar-refractivity contribution is -0.128. The summed E-state index contributed by atoms with van der Waals surface area (Å²) in [6.07, 6.45) is 5.12. The molecule has 188 valence electrons. The molecule has 36 heavy (non-hydrogen) atoms. The molecule has 0 unspecified atom stereocenters. The third-order valence-electron chi connectivity index (χ3n) is 5.51. The second kappa shape index (κ2) is 12.2. The van der Waals surface area contributed by atoms with Gasteiger partial charge in [0.1, 0.15) is 12.4 Å². The van der Waals surface area contributed by atoms with E-state index >= 15 is 0 Å². The number of anilines is 2. The number of fused-ring (bicyclic) bond motifs is 1. The van der Waals surface area contributed by atoms with Crippen molar-refractivity contribution in [3.05, 3.63) is 53.5 Å². The molecule has 0 radical (unpaired) electrons. The van der Waals surface area contributed by atoms with E-state index in [1.54, 1.807) is 11.9 Å². The van der Waals surface area contributed by atoms with Gasteiger partial charge in [-0.3, -0.25) is 9.59 Å². The van der Waals surface area contributed by atoms with Crippen molar-refractivity contribution in [3.8, 4) is 0 Å². The smallest absolute Gasteiger partial charge is 0.273 e. The summed E-state index contributed by atoms with van der Waals surface area (Å²) in [5, 5.41) is 14.4. The highest BCUT2D eigenvalue weighted by atomic mass is 16.2. The maximum Gasteiger partial charge on any atom is 0.273 e. The number of pyridine rings is 1. The van der Waals surface area contributed by atoms with Crippen molar-refractivity contribution in [1.29, 1.82) is 5.41 Å². The zero-order valence-corrected chi connectivity index (χ0v) is 20.5. The number of aryl methyl sites for hydroxylation is 1. The van der Waals surface area contributed by atoms with Gasteiger partial charge >= 0.3 is 0 Å². The monoisotopic (exact) mass is 490 g/mol. The fourth-order valence-electron chi connectivity index (χ4n) is 3.49. The summed E-state index contributed by atoms with van der Waals surface area (Å²) >= 11 is 0. The Hall–Kier alpha value is -4.61. The van der Waals surface area contributed by atoms with Gasteiger partial charge in [-0.05, 0) is 18.6 Å². The van der Waals surface area contributed by atoms with Crippen molar-refractivity contribution in [2.45, 2.75) is 13.5 Å². The van der Waals surface area contributed by atoms with E-state index in [9.17, 15) is 9.59 Å². The second-order valence-electron chi connectivity index (χ2n) is 8.11. The summed E-state index contributed by atoms with van der Waals surface area (Å²) in [5.74, 6) is 0.188. The highest BCUT2D eigenvalue weighted by Crippen LogP contribution is 2.25. The van der Waals surface area contributed by atoms with E-state index in [0.717, 1.165) is 28.2 Å². The Balaban J connectivity index is 1.77. The Bertz CT molecular complexity index is 1280. The molecule has 0 aliphatic rings. The molecule has 0 atom stereocenters. The SMILES string of the molecule is Cc1cccc2cc(CNC(=O)c3nccnc3N)c(N(C)CCN(C)C(=O)CN/N=C\C=N)nc12. The van der Waals surface area contributed by atoms with Crippen molar-refractivity contribution >= 4 is 46.8 Å². The molecule has 0 aliphatic carbocycles. The fraction of sp³-hybridized carbons (Fsp3) is 0.292. The number of nitrogens with one attached hydrogen (secondary N) is 3. The van der Waals surface area contributed by atoms with E-state index in [-0.39, 0.29) is 30.5 Å².